The molecule has 0 radical (unpaired) electrons. The number of hydrogen-bond donors (Lipinski definition) is 5. The number of benzene rings is 1. The largest absolute Gasteiger partial charge is 0.488 e. The van der Waals surface area contributed by atoms with E-state index >= 15 is 0 Å². The van der Waals surface area contributed by atoms with Crippen LogP contribution in [0.5, 0.6) is 5.75 Å². The van der Waals surface area contributed by atoms with Gasteiger partial charge in [-0.05, 0) is 24.8 Å². The number of H-pyrrole nitrogens is 1. The van der Waals surface area contributed by atoms with Crippen molar-refractivity contribution in [3.8, 4) is 5.75 Å². The van der Waals surface area contributed by atoms with E-state index in [0.717, 1.165) is 11.8 Å². The van der Waals surface area contributed by atoms with E-state index in [1.54, 1.807) is 0 Å². The standard InChI is InChI=1S/C14H15F2N3OS.H3O4P/c15-9-3-8-4-11(7-20-13(8)12(16)5-9)19-10(1-2-17)6-18-14(19)21;1-5(2,3)4/h3,5-6,11H,1-2,4,7,17H2,(H,18,21);(H3,1,2,3,4)/t11-;/m1./s1. The van der Waals surface area contributed by atoms with Gasteiger partial charge in [-0.1, -0.05) is 0 Å². The lowest BCUT2D eigenvalue weighted by Crippen LogP contribution is -2.27. The van der Waals surface area contributed by atoms with Crippen LogP contribution in [0.15, 0.2) is 18.3 Å². The number of aromatic amines is 1. The van der Waals surface area contributed by atoms with Gasteiger partial charge in [0.05, 0.1) is 6.04 Å². The van der Waals surface area contributed by atoms with Crippen LogP contribution < -0.4 is 10.5 Å². The monoisotopic (exact) mass is 409 g/mol. The first kappa shape index (κ1) is 20.7. The van der Waals surface area contributed by atoms with Crippen molar-refractivity contribution < 1.29 is 32.8 Å². The summed E-state index contributed by atoms with van der Waals surface area (Å²) < 4.78 is 43.9. The molecule has 26 heavy (non-hydrogen) atoms. The molecule has 8 nitrogen and oxygen atoms in total. The minimum Gasteiger partial charge on any atom is -0.488 e. The molecule has 0 saturated heterocycles. The summed E-state index contributed by atoms with van der Waals surface area (Å²) >= 11 is 5.28. The predicted molar refractivity (Wildman–Crippen MR) is 91.2 cm³/mol. The van der Waals surface area contributed by atoms with Crippen molar-refractivity contribution in [2.24, 2.45) is 5.73 Å². The van der Waals surface area contributed by atoms with Crippen LogP contribution in [0.4, 0.5) is 8.78 Å². The fourth-order valence-electron chi connectivity index (χ4n) is 2.74. The number of ether oxygens (including phenoxy) is 1. The van der Waals surface area contributed by atoms with E-state index in [-0.39, 0.29) is 11.8 Å². The van der Waals surface area contributed by atoms with E-state index in [1.807, 2.05) is 10.8 Å². The summed E-state index contributed by atoms with van der Waals surface area (Å²) in [6.07, 6.45) is 2.96. The van der Waals surface area contributed by atoms with E-state index in [2.05, 4.69) is 4.98 Å². The van der Waals surface area contributed by atoms with Crippen LogP contribution in [0.3, 0.4) is 0 Å². The smallest absolute Gasteiger partial charge is 0.466 e. The maximum absolute atomic E-state index is 13.7. The predicted octanol–water partition coefficient (Wildman–Crippen LogP) is 1.57. The Hall–Kier alpha value is -1.62. The molecule has 2 heterocycles. The second kappa shape index (κ2) is 8.38. The molecule has 0 spiro atoms. The summed E-state index contributed by atoms with van der Waals surface area (Å²) in [4.78, 5) is 24.5. The third kappa shape index (κ3) is 5.44. The number of phosphoric acid groups is 1. The molecule has 1 atom stereocenters. The van der Waals surface area contributed by atoms with E-state index < -0.39 is 19.5 Å². The van der Waals surface area contributed by atoms with Gasteiger partial charge in [0.15, 0.2) is 16.3 Å². The summed E-state index contributed by atoms with van der Waals surface area (Å²) in [6, 6.07) is 2.05. The average molecular weight is 409 g/mol. The summed E-state index contributed by atoms with van der Waals surface area (Å²) in [5.41, 5.74) is 7.08. The normalized spacial score (nSPS) is 16.3. The number of nitrogens with zero attached hydrogens (tertiary/aromatic N) is 1. The number of nitrogens with one attached hydrogen (secondary N) is 1. The zero-order chi connectivity index (χ0) is 19.5. The first-order valence-corrected chi connectivity index (χ1v) is 9.45. The van der Waals surface area contributed by atoms with Gasteiger partial charge in [0.25, 0.3) is 0 Å². The third-order valence-electron chi connectivity index (χ3n) is 3.62. The lowest BCUT2D eigenvalue weighted by Gasteiger charge is -2.27. The topological polar surface area (TPSA) is 134 Å². The zero-order valence-electron chi connectivity index (χ0n) is 13.4. The summed E-state index contributed by atoms with van der Waals surface area (Å²) in [5.74, 6) is -1.13. The molecule has 144 valence electrons. The highest BCUT2D eigenvalue weighted by Gasteiger charge is 2.26. The van der Waals surface area contributed by atoms with Gasteiger partial charge in [0.1, 0.15) is 12.4 Å². The number of hydrogen-bond acceptors (Lipinski definition) is 4. The Morgan fingerprint density at radius 1 is 1.38 bits per heavy atom. The lowest BCUT2D eigenvalue weighted by atomic mass is 10.0. The molecule has 0 amide bonds. The minimum atomic E-state index is -4.64. The number of halogens is 2. The fourth-order valence-corrected chi connectivity index (χ4v) is 3.07. The van der Waals surface area contributed by atoms with Crippen molar-refractivity contribution in [2.45, 2.75) is 18.9 Å². The second-order valence-corrected chi connectivity index (χ2v) is 6.97. The van der Waals surface area contributed by atoms with E-state index in [9.17, 15) is 8.78 Å². The molecular formula is C14H18F2N3O5PS. The Kier molecular flexibility index (Phi) is 6.67. The second-order valence-electron chi connectivity index (χ2n) is 5.55. The number of fused-ring (bicyclic) bond motifs is 1. The first-order valence-electron chi connectivity index (χ1n) is 7.48. The van der Waals surface area contributed by atoms with Gasteiger partial charge in [-0.25, -0.2) is 13.3 Å². The van der Waals surface area contributed by atoms with Crippen LogP contribution in [0.1, 0.15) is 17.3 Å². The van der Waals surface area contributed by atoms with E-state index in [0.29, 0.717) is 36.3 Å². The summed E-state index contributed by atoms with van der Waals surface area (Å²) in [6.45, 7) is 0.791. The molecule has 6 N–H and O–H groups in total. The van der Waals surface area contributed by atoms with Crippen LogP contribution in [0.25, 0.3) is 0 Å². The Labute approximate surface area is 152 Å². The highest BCUT2D eigenvalue weighted by Crippen LogP contribution is 2.33. The molecule has 0 aliphatic carbocycles. The van der Waals surface area contributed by atoms with E-state index in [1.165, 1.54) is 6.07 Å². The maximum Gasteiger partial charge on any atom is 0.466 e. The highest BCUT2D eigenvalue weighted by molar-refractivity contribution is 7.71. The van der Waals surface area contributed by atoms with Crippen molar-refractivity contribution in [3.63, 3.8) is 0 Å². The number of nitrogens with two attached hydrogens (primary N) is 1. The minimum absolute atomic E-state index is 0.0981. The zero-order valence-corrected chi connectivity index (χ0v) is 15.1. The maximum atomic E-state index is 13.7. The Morgan fingerprint density at radius 3 is 2.65 bits per heavy atom. The first-order chi connectivity index (χ1) is 12.1. The molecule has 1 aromatic heterocycles. The summed E-state index contributed by atoms with van der Waals surface area (Å²) in [5, 5.41) is 0. The van der Waals surface area contributed by atoms with Gasteiger partial charge >= 0.3 is 7.82 Å². The molecule has 1 aliphatic rings. The molecule has 1 aromatic carbocycles. The number of imidazole rings is 1. The molecule has 1 aliphatic heterocycles. The number of aromatic nitrogens is 2. The average Bonchev–Trinajstić information content (AvgIpc) is 2.86. The van der Waals surface area contributed by atoms with Crippen LogP contribution in [0, 0.1) is 16.4 Å². The van der Waals surface area contributed by atoms with Crippen LogP contribution in [-0.2, 0) is 17.4 Å². The van der Waals surface area contributed by atoms with Crippen molar-refractivity contribution in [1.82, 2.24) is 9.55 Å². The molecule has 0 fully saturated rings. The lowest BCUT2D eigenvalue weighted by molar-refractivity contribution is 0.210. The van der Waals surface area contributed by atoms with Crippen molar-refractivity contribution >= 4 is 20.0 Å². The Balaban J connectivity index is 0.000000431. The molecule has 3 rings (SSSR count). The Bertz CT molecular complexity index is 874. The molecule has 2 aromatic rings. The third-order valence-corrected chi connectivity index (χ3v) is 3.93. The molecular weight excluding hydrogens is 391 g/mol. The molecule has 12 heteroatoms. The number of rotatable bonds is 3. The van der Waals surface area contributed by atoms with E-state index in [4.69, 9.17) is 41.9 Å². The quantitative estimate of drug-likeness (QED) is 0.384. The van der Waals surface area contributed by atoms with Gasteiger partial charge in [-0.2, -0.15) is 0 Å². The van der Waals surface area contributed by atoms with Crippen LogP contribution in [-0.4, -0.2) is 37.4 Å². The summed E-state index contributed by atoms with van der Waals surface area (Å²) in [7, 11) is -4.64. The van der Waals surface area contributed by atoms with Crippen LogP contribution in [0.2, 0.25) is 0 Å². The molecule has 0 saturated carbocycles. The molecule has 0 bridgehead atoms. The van der Waals surface area contributed by atoms with Gasteiger partial charge in [0.2, 0.25) is 0 Å². The van der Waals surface area contributed by atoms with Gasteiger partial charge in [-0.3, -0.25) is 0 Å². The van der Waals surface area contributed by atoms with Crippen molar-refractivity contribution in [2.75, 3.05) is 13.2 Å². The van der Waals surface area contributed by atoms with Gasteiger partial charge in [-0.15, -0.1) is 0 Å². The highest BCUT2D eigenvalue weighted by atomic mass is 32.1. The van der Waals surface area contributed by atoms with Crippen molar-refractivity contribution in [3.05, 3.63) is 46.0 Å². The Morgan fingerprint density at radius 2 is 2.04 bits per heavy atom. The van der Waals surface area contributed by atoms with Gasteiger partial charge in [0, 0.05) is 36.4 Å². The van der Waals surface area contributed by atoms with Gasteiger partial charge < -0.3 is 34.7 Å². The van der Waals surface area contributed by atoms with Crippen LogP contribution >= 0.6 is 20.0 Å². The molecule has 0 unspecified atom stereocenters. The fraction of sp³-hybridized carbons (Fsp3) is 0.357. The van der Waals surface area contributed by atoms with Crippen molar-refractivity contribution in [1.29, 1.82) is 0 Å². The SMILES string of the molecule is NCCc1c[nH]c(=S)n1[C@H]1COc2c(F)cc(F)cc2C1.O=P(O)(O)O.